The number of carbonyl (C=O) groups excluding carboxylic acids is 1. The number of hydrogen-bond acceptors (Lipinski definition) is 4. The Labute approximate surface area is 157 Å². The van der Waals surface area contributed by atoms with E-state index in [9.17, 15) is 15.0 Å². The van der Waals surface area contributed by atoms with Gasteiger partial charge in [0, 0.05) is 6.42 Å². The molecule has 0 aromatic heterocycles. The molecule has 0 saturated heterocycles. The highest BCUT2D eigenvalue weighted by atomic mass is 31.0. The lowest BCUT2D eigenvalue weighted by Gasteiger charge is -2.25. The highest BCUT2D eigenvalue weighted by molar-refractivity contribution is 7.20. The molecule has 0 heterocycles. The number of hydrogen-bond donors (Lipinski definition) is 3. The molecule has 0 aliphatic rings. The zero-order valence-electron chi connectivity index (χ0n) is 16.2. The van der Waals surface area contributed by atoms with Gasteiger partial charge in [0.15, 0.2) is 11.1 Å². The number of unbranched alkanes of at least 4 members (excludes halogenated alkanes) is 13. The average molecular weight is 377 g/mol. The predicted molar refractivity (Wildman–Crippen MR) is 108 cm³/mol. The molecule has 0 aliphatic carbocycles. The molecule has 4 nitrogen and oxygen atoms in total. The number of rotatable bonds is 18. The van der Waals surface area contributed by atoms with E-state index in [1.165, 1.54) is 70.6 Å². The number of carbonyl (C=O) groups is 1. The second kappa shape index (κ2) is 16.2. The maximum absolute atomic E-state index is 11.8. The highest BCUT2D eigenvalue weighted by Crippen LogP contribution is 2.23. The van der Waals surface area contributed by atoms with Crippen molar-refractivity contribution in [3.8, 4) is 0 Å². The molecule has 0 radical (unpaired) electrons. The first-order chi connectivity index (χ1) is 12.0. The molecular formula is C20H41O4P. The van der Waals surface area contributed by atoms with Crippen LogP contribution in [0.1, 0.15) is 103 Å². The Hall–Kier alpha value is -0.0200. The molecule has 5 heteroatoms. The molecule has 0 spiro atoms. The molecular weight excluding hydrogens is 335 g/mol. The molecule has 0 fully saturated rings. The van der Waals surface area contributed by atoms with Gasteiger partial charge >= 0.3 is 0 Å². The largest absolute Gasteiger partial charge is 0.394 e. The monoisotopic (exact) mass is 376 g/mol. The van der Waals surface area contributed by atoms with E-state index in [4.69, 9.17) is 5.11 Å². The van der Waals surface area contributed by atoms with Crippen LogP contribution in [-0.2, 0) is 4.79 Å². The van der Waals surface area contributed by atoms with Gasteiger partial charge in [0.1, 0.15) is 6.10 Å². The smallest absolute Gasteiger partial charge is 0.170 e. The summed E-state index contributed by atoms with van der Waals surface area (Å²) in [5, 5.41) is 26.2. The molecule has 3 N–H and O–H groups in total. The molecule has 25 heavy (non-hydrogen) atoms. The molecule has 0 saturated carbocycles. The Morgan fingerprint density at radius 3 is 1.56 bits per heavy atom. The fourth-order valence-electron chi connectivity index (χ4n) is 3.01. The number of ketones is 1. The van der Waals surface area contributed by atoms with Crippen LogP contribution in [0, 0.1) is 0 Å². The lowest BCUT2D eigenvalue weighted by Crippen LogP contribution is -2.45. The van der Waals surface area contributed by atoms with Crippen LogP contribution >= 0.6 is 9.24 Å². The van der Waals surface area contributed by atoms with Crippen molar-refractivity contribution in [1.29, 1.82) is 0 Å². The lowest BCUT2D eigenvalue weighted by molar-refractivity contribution is -0.139. The topological polar surface area (TPSA) is 77.8 Å². The van der Waals surface area contributed by atoms with E-state index in [0.717, 1.165) is 19.3 Å². The van der Waals surface area contributed by atoms with Crippen LogP contribution in [0.2, 0.25) is 0 Å². The first-order valence-electron chi connectivity index (χ1n) is 10.3. The van der Waals surface area contributed by atoms with Gasteiger partial charge < -0.3 is 15.3 Å². The molecule has 150 valence electrons. The highest BCUT2D eigenvalue weighted by Gasteiger charge is 2.37. The van der Waals surface area contributed by atoms with Crippen molar-refractivity contribution in [1.82, 2.24) is 0 Å². The van der Waals surface area contributed by atoms with Gasteiger partial charge in [-0.3, -0.25) is 4.79 Å². The third kappa shape index (κ3) is 12.9. The standard InChI is InChI=1S/C20H41O4P/c1-2-3-4-5-6-7-8-9-10-11-12-13-14-15-16-18(22)20(24,25)19(23)17-21/h19,21,23-24H,2-17,25H2,1H3. The average Bonchev–Trinajstić information content (AvgIpc) is 2.60. The summed E-state index contributed by atoms with van der Waals surface area (Å²) in [6, 6.07) is 0. The minimum Gasteiger partial charge on any atom is -0.394 e. The van der Waals surface area contributed by atoms with Gasteiger partial charge in [-0.1, -0.05) is 99.6 Å². The fraction of sp³-hybridized carbons (Fsp3) is 0.950. The maximum atomic E-state index is 11.8. The van der Waals surface area contributed by atoms with Crippen LogP contribution < -0.4 is 0 Å². The summed E-state index contributed by atoms with van der Waals surface area (Å²) in [7, 11) is 1.96. The third-order valence-corrected chi connectivity index (χ3v) is 5.59. The van der Waals surface area contributed by atoms with Gasteiger partial charge in [0.2, 0.25) is 0 Å². The molecule has 0 aliphatic heterocycles. The Morgan fingerprint density at radius 1 is 0.840 bits per heavy atom. The van der Waals surface area contributed by atoms with E-state index in [-0.39, 0.29) is 6.42 Å². The Bertz CT molecular complexity index is 321. The van der Waals surface area contributed by atoms with Crippen LogP contribution in [0.3, 0.4) is 0 Å². The molecule has 0 rings (SSSR count). The van der Waals surface area contributed by atoms with Gasteiger partial charge in [0.05, 0.1) is 6.61 Å². The molecule has 0 aromatic carbocycles. The summed E-state index contributed by atoms with van der Waals surface area (Å²) in [6.07, 6.45) is 16.4. The predicted octanol–water partition coefficient (Wildman–Crippen LogP) is 4.34. The molecule has 0 bridgehead atoms. The van der Waals surface area contributed by atoms with Crippen molar-refractivity contribution >= 4 is 15.0 Å². The Kier molecular flexibility index (Phi) is 16.2. The van der Waals surface area contributed by atoms with Crippen LogP contribution in [0.25, 0.3) is 0 Å². The van der Waals surface area contributed by atoms with Crippen molar-refractivity contribution < 1.29 is 20.1 Å². The van der Waals surface area contributed by atoms with Crippen LogP contribution in [0.5, 0.6) is 0 Å². The minimum atomic E-state index is -1.91. The van der Waals surface area contributed by atoms with Crippen molar-refractivity contribution in [3.05, 3.63) is 0 Å². The van der Waals surface area contributed by atoms with Crippen molar-refractivity contribution in [2.45, 2.75) is 115 Å². The second-order valence-corrected chi connectivity index (χ2v) is 8.17. The van der Waals surface area contributed by atoms with Gasteiger partial charge in [-0.05, 0) is 6.42 Å². The first kappa shape index (κ1) is 25.0. The molecule has 0 aromatic rings. The van der Waals surface area contributed by atoms with Gasteiger partial charge in [-0.15, -0.1) is 0 Å². The van der Waals surface area contributed by atoms with Crippen LogP contribution in [-0.4, -0.2) is 39.2 Å². The Morgan fingerprint density at radius 2 is 1.20 bits per heavy atom. The normalized spacial score (nSPS) is 15.1. The van der Waals surface area contributed by atoms with Crippen molar-refractivity contribution in [3.63, 3.8) is 0 Å². The number of aliphatic hydroxyl groups is 3. The van der Waals surface area contributed by atoms with Crippen LogP contribution in [0.4, 0.5) is 0 Å². The summed E-state index contributed by atoms with van der Waals surface area (Å²) < 4.78 is 0. The summed E-state index contributed by atoms with van der Waals surface area (Å²) >= 11 is 0. The summed E-state index contributed by atoms with van der Waals surface area (Å²) in [6.45, 7) is 1.63. The SMILES string of the molecule is CCCCCCCCCCCCCCCCC(=O)C(O)(P)C(O)CO. The van der Waals surface area contributed by atoms with Gasteiger partial charge in [-0.25, -0.2) is 0 Å². The van der Waals surface area contributed by atoms with Crippen molar-refractivity contribution in [2.24, 2.45) is 0 Å². The second-order valence-electron chi connectivity index (χ2n) is 7.29. The zero-order valence-corrected chi connectivity index (χ0v) is 17.4. The Balaban J connectivity index is 3.38. The van der Waals surface area contributed by atoms with E-state index < -0.39 is 23.8 Å². The molecule has 3 unspecified atom stereocenters. The summed E-state index contributed by atoms with van der Waals surface area (Å²) in [5.41, 5.74) is 0. The number of aliphatic hydroxyl groups excluding tert-OH is 2. The van der Waals surface area contributed by atoms with E-state index in [1.54, 1.807) is 0 Å². The molecule has 3 atom stereocenters. The van der Waals surface area contributed by atoms with Gasteiger partial charge in [-0.2, -0.15) is 0 Å². The van der Waals surface area contributed by atoms with E-state index in [1.807, 2.05) is 9.24 Å². The number of Topliss-reactive ketones (excluding diaryl/α,β-unsaturated/α-hetero) is 1. The van der Waals surface area contributed by atoms with Crippen molar-refractivity contribution in [2.75, 3.05) is 6.61 Å². The van der Waals surface area contributed by atoms with Crippen LogP contribution in [0.15, 0.2) is 0 Å². The van der Waals surface area contributed by atoms with Gasteiger partial charge in [0.25, 0.3) is 0 Å². The maximum Gasteiger partial charge on any atom is 0.170 e. The lowest BCUT2D eigenvalue weighted by atomic mass is 10.0. The molecule has 0 amide bonds. The minimum absolute atomic E-state index is 0.245. The summed E-state index contributed by atoms with van der Waals surface area (Å²) in [5.74, 6) is -0.419. The quantitative estimate of drug-likeness (QED) is 0.246. The third-order valence-electron chi connectivity index (χ3n) is 4.89. The van der Waals surface area contributed by atoms with E-state index in [0.29, 0.717) is 0 Å². The van der Waals surface area contributed by atoms with E-state index in [2.05, 4.69) is 6.92 Å². The first-order valence-corrected chi connectivity index (χ1v) is 10.9. The van der Waals surface area contributed by atoms with E-state index >= 15 is 0 Å². The summed E-state index contributed by atoms with van der Waals surface area (Å²) in [4.78, 5) is 11.8. The fourth-order valence-corrected chi connectivity index (χ4v) is 3.26. The zero-order chi connectivity index (χ0) is 19.0.